The van der Waals surface area contributed by atoms with E-state index in [1.165, 1.54) is 12.1 Å². The van der Waals surface area contributed by atoms with Gasteiger partial charge >= 0.3 is 0 Å². The lowest BCUT2D eigenvalue weighted by Gasteiger charge is -2.26. The smallest absolute Gasteiger partial charge is 0.297 e. The summed E-state index contributed by atoms with van der Waals surface area (Å²) in [6.07, 6.45) is 0.819. The van der Waals surface area contributed by atoms with E-state index in [0.29, 0.717) is 5.02 Å². The molecule has 0 radical (unpaired) electrons. The Morgan fingerprint density at radius 1 is 1.00 bits per heavy atom. The zero-order valence-corrected chi connectivity index (χ0v) is 19.3. The number of hydrogen-bond donors (Lipinski definition) is 1. The number of aryl methyl sites for hydroxylation is 2. The maximum absolute atomic E-state index is 12.6. The van der Waals surface area contributed by atoms with Gasteiger partial charge < -0.3 is 9.67 Å². The van der Waals surface area contributed by atoms with E-state index in [4.69, 9.17) is 15.8 Å². The van der Waals surface area contributed by atoms with Crippen LogP contribution in [0, 0.1) is 13.8 Å². The van der Waals surface area contributed by atoms with Crippen molar-refractivity contribution in [1.29, 1.82) is 0 Å². The molecule has 0 aliphatic carbocycles. The van der Waals surface area contributed by atoms with Gasteiger partial charge in [-0.15, -0.1) is 0 Å². The number of nitrogens with zero attached hydrogens (tertiary/aromatic N) is 1. The van der Waals surface area contributed by atoms with E-state index in [0.717, 1.165) is 27.6 Å². The molecule has 5 nitrogen and oxygen atoms in total. The van der Waals surface area contributed by atoms with Crippen LogP contribution in [0.3, 0.4) is 0 Å². The summed E-state index contributed by atoms with van der Waals surface area (Å²) in [5.74, 6) is 0. The van der Waals surface area contributed by atoms with Crippen LogP contribution in [-0.4, -0.2) is 30.8 Å². The van der Waals surface area contributed by atoms with Gasteiger partial charge in [-0.25, -0.2) is 0 Å². The first-order valence-electron chi connectivity index (χ1n) is 10.2. The second kappa shape index (κ2) is 9.08. The normalized spacial score (nSPS) is 13.9. The first kappa shape index (κ1) is 22.6. The fourth-order valence-electron chi connectivity index (χ4n) is 3.87. The molecule has 3 aromatic carbocycles. The van der Waals surface area contributed by atoms with Crippen LogP contribution in [0.15, 0.2) is 83.9 Å². The summed E-state index contributed by atoms with van der Waals surface area (Å²) in [5, 5.41) is 12.8. The summed E-state index contributed by atoms with van der Waals surface area (Å²) in [6.45, 7) is 3.46. The predicted molar refractivity (Wildman–Crippen MR) is 127 cm³/mol. The molecule has 0 spiro atoms. The standard InChI is InChI=1S/C25H24ClNO4S/c1-17-8-11-21(12-9-17)32(29,30)31-16-24(28)25(19-6-4-3-5-7-19)27-15-18(2)22-14-20(26)10-13-23(22)27/h3-15,24-25,28H,16H2,1-2H3/t24-,25+/m1/s1. The molecule has 0 saturated heterocycles. The molecule has 0 aliphatic heterocycles. The molecule has 0 amide bonds. The van der Waals surface area contributed by atoms with Gasteiger partial charge in [-0.2, -0.15) is 8.42 Å². The van der Waals surface area contributed by atoms with E-state index in [2.05, 4.69) is 0 Å². The predicted octanol–water partition coefficient (Wildman–Crippen LogP) is 5.27. The van der Waals surface area contributed by atoms with E-state index < -0.39 is 22.3 Å². The van der Waals surface area contributed by atoms with Crippen molar-refractivity contribution in [2.45, 2.75) is 30.9 Å². The highest BCUT2D eigenvalue weighted by molar-refractivity contribution is 7.86. The van der Waals surface area contributed by atoms with E-state index in [-0.39, 0.29) is 11.5 Å². The molecule has 4 aromatic rings. The zero-order valence-electron chi connectivity index (χ0n) is 17.8. The van der Waals surface area contributed by atoms with E-state index in [1.54, 1.807) is 18.2 Å². The lowest BCUT2D eigenvalue weighted by atomic mass is 10.0. The first-order valence-corrected chi connectivity index (χ1v) is 12.0. The Labute approximate surface area is 193 Å². The van der Waals surface area contributed by atoms with Crippen LogP contribution in [0.2, 0.25) is 5.02 Å². The Morgan fingerprint density at radius 2 is 1.69 bits per heavy atom. The number of hydrogen-bond acceptors (Lipinski definition) is 4. The third-order valence-electron chi connectivity index (χ3n) is 5.50. The molecule has 166 valence electrons. The molecule has 4 rings (SSSR count). The van der Waals surface area contributed by atoms with E-state index >= 15 is 0 Å². The molecule has 0 unspecified atom stereocenters. The average molecular weight is 470 g/mol. The average Bonchev–Trinajstić information content (AvgIpc) is 3.09. The van der Waals surface area contributed by atoms with Gasteiger partial charge in [0.05, 0.1) is 17.5 Å². The Hall–Kier alpha value is -2.64. The fraction of sp³-hybridized carbons (Fsp3) is 0.200. The van der Waals surface area contributed by atoms with Gasteiger partial charge in [-0.1, -0.05) is 59.6 Å². The van der Waals surface area contributed by atoms with Crippen molar-refractivity contribution >= 4 is 32.6 Å². The van der Waals surface area contributed by atoms with Crippen molar-refractivity contribution in [1.82, 2.24) is 4.57 Å². The number of aliphatic hydroxyl groups is 1. The molecule has 7 heteroatoms. The van der Waals surface area contributed by atoms with Crippen molar-refractivity contribution < 1.29 is 17.7 Å². The molecule has 0 saturated carbocycles. The first-order chi connectivity index (χ1) is 15.3. The Morgan fingerprint density at radius 3 is 2.38 bits per heavy atom. The second-order valence-corrected chi connectivity index (χ2v) is 9.91. The van der Waals surface area contributed by atoms with Crippen LogP contribution >= 0.6 is 11.6 Å². The molecule has 1 N–H and O–H groups in total. The lowest BCUT2D eigenvalue weighted by molar-refractivity contribution is 0.0785. The Bertz CT molecular complexity index is 1330. The summed E-state index contributed by atoms with van der Waals surface area (Å²) in [6, 6.07) is 20.9. The second-order valence-electron chi connectivity index (χ2n) is 7.86. The van der Waals surface area contributed by atoms with E-state index in [9.17, 15) is 13.5 Å². The minimum absolute atomic E-state index is 0.0588. The van der Waals surface area contributed by atoms with Gasteiger partial charge in [-0.3, -0.25) is 4.18 Å². The SMILES string of the molecule is Cc1ccc(S(=O)(=O)OC[C@@H](O)[C@H](c2ccccc2)n2cc(C)c3cc(Cl)ccc32)cc1. The number of aliphatic hydroxyl groups excluding tert-OH is 1. The Balaban J connectivity index is 1.68. The summed E-state index contributed by atoms with van der Waals surface area (Å²) in [5.41, 5.74) is 3.68. The third-order valence-corrected chi connectivity index (χ3v) is 7.03. The molecule has 32 heavy (non-hydrogen) atoms. The van der Waals surface area contributed by atoms with Gasteiger partial charge in [0.2, 0.25) is 0 Å². The maximum Gasteiger partial charge on any atom is 0.297 e. The monoisotopic (exact) mass is 469 g/mol. The van der Waals surface area contributed by atoms with Crippen LogP contribution in [0.25, 0.3) is 10.9 Å². The fourth-order valence-corrected chi connectivity index (χ4v) is 4.97. The van der Waals surface area contributed by atoms with Crippen LogP contribution in [0.4, 0.5) is 0 Å². The molecule has 0 fully saturated rings. The number of aromatic nitrogens is 1. The van der Waals surface area contributed by atoms with Crippen LogP contribution in [0.1, 0.15) is 22.7 Å². The van der Waals surface area contributed by atoms with Gasteiger partial charge in [0.15, 0.2) is 0 Å². The number of fused-ring (bicyclic) bond motifs is 1. The minimum atomic E-state index is -4.00. The van der Waals surface area contributed by atoms with Crippen molar-refractivity contribution in [3.05, 3.63) is 101 Å². The molecular weight excluding hydrogens is 446 g/mol. The summed E-state index contributed by atoms with van der Waals surface area (Å²) in [4.78, 5) is 0.0588. The van der Waals surface area contributed by atoms with Crippen LogP contribution in [-0.2, 0) is 14.3 Å². The summed E-state index contributed by atoms with van der Waals surface area (Å²) in [7, 11) is -4.00. The molecule has 1 heterocycles. The molecule has 2 atom stereocenters. The topological polar surface area (TPSA) is 68.5 Å². The van der Waals surface area contributed by atoms with Gasteiger partial charge in [0.25, 0.3) is 10.1 Å². The van der Waals surface area contributed by atoms with Gasteiger partial charge in [0.1, 0.15) is 6.10 Å². The summed E-state index contributed by atoms with van der Waals surface area (Å²) < 4.78 is 32.5. The molecule has 1 aromatic heterocycles. The van der Waals surface area contributed by atoms with Crippen LogP contribution < -0.4 is 0 Å². The van der Waals surface area contributed by atoms with E-state index in [1.807, 2.05) is 67.1 Å². The molecular formula is C25H24ClNO4S. The van der Waals surface area contributed by atoms with Gasteiger partial charge in [-0.05, 0) is 55.3 Å². The largest absolute Gasteiger partial charge is 0.388 e. The highest BCUT2D eigenvalue weighted by Crippen LogP contribution is 2.32. The van der Waals surface area contributed by atoms with Crippen molar-refractivity contribution in [3.63, 3.8) is 0 Å². The highest BCUT2D eigenvalue weighted by atomic mass is 35.5. The van der Waals surface area contributed by atoms with Gasteiger partial charge in [0, 0.05) is 22.1 Å². The zero-order chi connectivity index (χ0) is 22.9. The number of halogens is 1. The third kappa shape index (κ3) is 4.59. The highest BCUT2D eigenvalue weighted by Gasteiger charge is 2.27. The number of rotatable bonds is 7. The molecule has 0 aliphatic rings. The number of benzene rings is 3. The lowest BCUT2D eigenvalue weighted by Crippen LogP contribution is -2.30. The van der Waals surface area contributed by atoms with Crippen LogP contribution in [0.5, 0.6) is 0 Å². The van der Waals surface area contributed by atoms with Crippen molar-refractivity contribution in [3.8, 4) is 0 Å². The van der Waals surface area contributed by atoms with Crippen molar-refractivity contribution in [2.75, 3.05) is 6.61 Å². The maximum atomic E-state index is 12.6. The van der Waals surface area contributed by atoms with Crippen molar-refractivity contribution in [2.24, 2.45) is 0 Å². The minimum Gasteiger partial charge on any atom is -0.388 e. The summed E-state index contributed by atoms with van der Waals surface area (Å²) >= 11 is 6.18. The quantitative estimate of drug-likeness (QED) is 0.374. The molecule has 0 bridgehead atoms. The Kier molecular flexibility index (Phi) is 6.40.